The van der Waals surface area contributed by atoms with Crippen LogP contribution in [0.1, 0.15) is 28.2 Å². The second kappa shape index (κ2) is 6.48. The lowest BCUT2D eigenvalue weighted by atomic mass is 9.86. The number of phenols is 2. The first-order valence-electron chi connectivity index (χ1n) is 8.55. The maximum Gasteiger partial charge on any atom is 0.119 e. The number of para-hydroxylation sites is 2. The van der Waals surface area contributed by atoms with Gasteiger partial charge in [-0.15, -0.1) is 0 Å². The van der Waals surface area contributed by atoms with Crippen LogP contribution >= 0.6 is 0 Å². The average Bonchev–Trinajstić information content (AvgIpc) is 2.96. The fourth-order valence-electron chi connectivity index (χ4n) is 3.66. The Kier molecular flexibility index (Phi) is 4.02. The van der Waals surface area contributed by atoms with Crippen LogP contribution in [0.3, 0.4) is 0 Å². The topological polar surface area (TPSA) is 40.5 Å². The molecule has 0 saturated heterocycles. The van der Waals surface area contributed by atoms with Crippen molar-refractivity contribution in [2.75, 3.05) is 0 Å². The summed E-state index contributed by atoms with van der Waals surface area (Å²) < 4.78 is 0. The zero-order valence-electron chi connectivity index (χ0n) is 13.9. The summed E-state index contributed by atoms with van der Waals surface area (Å²) in [6, 6.07) is 23.4. The van der Waals surface area contributed by atoms with Gasteiger partial charge in [-0.05, 0) is 47.2 Å². The van der Waals surface area contributed by atoms with Crippen molar-refractivity contribution in [3.05, 3.63) is 101 Å². The van der Waals surface area contributed by atoms with Gasteiger partial charge in [0.25, 0.3) is 0 Å². The summed E-state index contributed by atoms with van der Waals surface area (Å²) in [6.07, 6.45) is 3.69. The number of hydrogen-bond acceptors (Lipinski definition) is 2. The molecule has 1 unspecified atom stereocenters. The summed E-state index contributed by atoms with van der Waals surface area (Å²) in [4.78, 5) is 0. The van der Waals surface area contributed by atoms with E-state index < -0.39 is 0 Å². The molecule has 25 heavy (non-hydrogen) atoms. The minimum Gasteiger partial charge on any atom is -0.508 e. The van der Waals surface area contributed by atoms with Crippen LogP contribution in [0.4, 0.5) is 0 Å². The lowest BCUT2D eigenvalue weighted by molar-refractivity contribution is 0.465. The smallest absolute Gasteiger partial charge is 0.119 e. The summed E-state index contributed by atoms with van der Waals surface area (Å²) >= 11 is 0. The molecule has 2 heteroatoms. The second-order valence-corrected chi connectivity index (χ2v) is 6.54. The Morgan fingerprint density at radius 1 is 0.680 bits per heavy atom. The molecule has 0 heterocycles. The Labute approximate surface area is 147 Å². The van der Waals surface area contributed by atoms with E-state index >= 15 is 0 Å². The van der Waals surface area contributed by atoms with Crippen LogP contribution in [0.2, 0.25) is 0 Å². The predicted molar refractivity (Wildman–Crippen MR) is 101 cm³/mol. The van der Waals surface area contributed by atoms with Crippen molar-refractivity contribution >= 4 is 6.08 Å². The van der Waals surface area contributed by atoms with Crippen LogP contribution in [0.15, 0.2) is 78.4 Å². The van der Waals surface area contributed by atoms with Gasteiger partial charge in [-0.3, -0.25) is 0 Å². The number of aromatic hydroxyl groups is 2. The highest BCUT2D eigenvalue weighted by Gasteiger charge is 2.26. The van der Waals surface area contributed by atoms with E-state index in [1.54, 1.807) is 12.1 Å². The predicted octanol–water partition coefficient (Wildman–Crippen LogP) is 5.06. The second-order valence-electron chi connectivity index (χ2n) is 6.54. The lowest BCUT2D eigenvalue weighted by Gasteiger charge is -2.18. The standard InChI is InChI=1S/C23H20O2/c24-22-11-5-2-8-17(22)14-19-13-16-7-1-4-10-20(16)21(19)15-18-9-3-6-12-23(18)25/h1-13,21,24-25H,14-15H2. The SMILES string of the molecule is Oc1ccccc1CC1=Cc2ccccc2C1Cc1ccccc1O. The van der Waals surface area contributed by atoms with E-state index in [9.17, 15) is 10.2 Å². The first-order valence-corrected chi connectivity index (χ1v) is 8.55. The van der Waals surface area contributed by atoms with Crippen LogP contribution in [0, 0.1) is 0 Å². The van der Waals surface area contributed by atoms with Gasteiger partial charge in [-0.2, -0.15) is 0 Å². The molecule has 2 N–H and O–H groups in total. The van der Waals surface area contributed by atoms with Crippen LogP contribution < -0.4 is 0 Å². The van der Waals surface area contributed by atoms with Crippen molar-refractivity contribution in [2.45, 2.75) is 18.8 Å². The Balaban J connectivity index is 1.70. The highest BCUT2D eigenvalue weighted by molar-refractivity contribution is 5.68. The van der Waals surface area contributed by atoms with Gasteiger partial charge in [0.2, 0.25) is 0 Å². The molecule has 0 bridgehead atoms. The molecule has 0 aromatic heterocycles. The summed E-state index contributed by atoms with van der Waals surface area (Å²) in [6.45, 7) is 0. The molecule has 2 nitrogen and oxygen atoms in total. The van der Waals surface area contributed by atoms with Crippen molar-refractivity contribution in [3.63, 3.8) is 0 Å². The van der Waals surface area contributed by atoms with E-state index in [-0.39, 0.29) is 5.92 Å². The quantitative estimate of drug-likeness (QED) is 0.702. The van der Waals surface area contributed by atoms with Gasteiger partial charge < -0.3 is 10.2 Å². The van der Waals surface area contributed by atoms with Gasteiger partial charge in [0.05, 0.1) is 0 Å². The normalized spacial score (nSPS) is 15.7. The zero-order chi connectivity index (χ0) is 17.2. The number of fused-ring (bicyclic) bond motifs is 1. The molecule has 0 radical (unpaired) electrons. The van der Waals surface area contributed by atoms with Crippen LogP contribution in [-0.4, -0.2) is 10.2 Å². The third-order valence-electron chi connectivity index (χ3n) is 4.96. The highest BCUT2D eigenvalue weighted by Crippen LogP contribution is 2.41. The Morgan fingerprint density at radius 2 is 1.28 bits per heavy atom. The number of benzene rings is 3. The molecule has 1 aliphatic rings. The molecular weight excluding hydrogens is 308 g/mol. The van der Waals surface area contributed by atoms with Crippen molar-refractivity contribution < 1.29 is 10.2 Å². The molecule has 3 aromatic rings. The summed E-state index contributed by atoms with van der Waals surface area (Å²) in [5, 5.41) is 20.3. The molecule has 124 valence electrons. The van der Waals surface area contributed by atoms with Crippen molar-refractivity contribution in [1.29, 1.82) is 0 Å². The minimum absolute atomic E-state index is 0.212. The number of allylic oxidation sites excluding steroid dienone is 1. The molecule has 1 aliphatic carbocycles. The number of phenolic OH excluding ortho intramolecular Hbond substituents is 2. The zero-order valence-corrected chi connectivity index (χ0v) is 13.9. The maximum absolute atomic E-state index is 10.2. The summed E-state index contributed by atoms with van der Waals surface area (Å²) in [7, 11) is 0. The van der Waals surface area contributed by atoms with Crippen LogP contribution in [0.5, 0.6) is 11.5 Å². The van der Waals surface area contributed by atoms with E-state index in [2.05, 4.69) is 30.3 Å². The fourth-order valence-corrected chi connectivity index (χ4v) is 3.66. The third-order valence-corrected chi connectivity index (χ3v) is 4.96. The largest absolute Gasteiger partial charge is 0.508 e. The van der Waals surface area contributed by atoms with E-state index in [1.165, 1.54) is 16.7 Å². The third kappa shape index (κ3) is 3.03. The monoisotopic (exact) mass is 328 g/mol. The Hall–Kier alpha value is -3.00. The van der Waals surface area contributed by atoms with E-state index in [1.807, 2.05) is 36.4 Å². The number of rotatable bonds is 4. The molecule has 0 spiro atoms. The van der Waals surface area contributed by atoms with Gasteiger partial charge in [0.1, 0.15) is 11.5 Å². The van der Waals surface area contributed by atoms with Gasteiger partial charge >= 0.3 is 0 Å². The fraction of sp³-hybridized carbons (Fsp3) is 0.130. The van der Waals surface area contributed by atoms with Gasteiger partial charge in [0.15, 0.2) is 0 Å². The average molecular weight is 328 g/mol. The molecule has 0 saturated carbocycles. The molecule has 1 atom stereocenters. The molecule has 0 aliphatic heterocycles. The molecule has 3 aromatic carbocycles. The first-order chi connectivity index (χ1) is 12.2. The van der Waals surface area contributed by atoms with Crippen LogP contribution in [0.25, 0.3) is 6.08 Å². The van der Waals surface area contributed by atoms with E-state index in [0.717, 1.165) is 17.5 Å². The van der Waals surface area contributed by atoms with Crippen molar-refractivity contribution in [1.82, 2.24) is 0 Å². The summed E-state index contributed by atoms with van der Waals surface area (Å²) in [5.74, 6) is 0.888. The van der Waals surface area contributed by atoms with Crippen molar-refractivity contribution in [2.24, 2.45) is 0 Å². The van der Waals surface area contributed by atoms with Crippen LogP contribution in [-0.2, 0) is 12.8 Å². The first kappa shape index (κ1) is 15.5. The van der Waals surface area contributed by atoms with Gasteiger partial charge in [-0.25, -0.2) is 0 Å². The van der Waals surface area contributed by atoms with Gasteiger partial charge in [0, 0.05) is 5.92 Å². The maximum atomic E-state index is 10.2. The number of hydrogen-bond donors (Lipinski definition) is 2. The molecular formula is C23H20O2. The highest BCUT2D eigenvalue weighted by atomic mass is 16.3. The Morgan fingerprint density at radius 3 is 2.00 bits per heavy atom. The van der Waals surface area contributed by atoms with E-state index in [4.69, 9.17) is 0 Å². The molecule has 4 rings (SSSR count). The molecule has 0 amide bonds. The van der Waals surface area contributed by atoms with Crippen molar-refractivity contribution in [3.8, 4) is 11.5 Å². The molecule has 0 fully saturated rings. The summed E-state index contributed by atoms with van der Waals surface area (Å²) in [5.41, 5.74) is 5.67. The van der Waals surface area contributed by atoms with E-state index in [0.29, 0.717) is 17.9 Å². The Bertz CT molecular complexity index is 940. The lowest BCUT2D eigenvalue weighted by Crippen LogP contribution is -2.06. The minimum atomic E-state index is 0.212. The van der Waals surface area contributed by atoms with Gasteiger partial charge in [-0.1, -0.05) is 72.3 Å².